The van der Waals surface area contributed by atoms with Crippen molar-refractivity contribution in [3.63, 3.8) is 0 Å². The van der Waals surface area contributed by atoms with Gasteiger partial charge in [-0.2, -0.15) is 8.78 Å². The Kier molecular flexibility index (Phi) is 8.24. The van der Waals surface area contributed by atoms with Crippen LogP contribution in [-0.4, -0.2) is 93.8 Å². The van der Waals surface area contributed by atoms with Gasteiger partial charge in [-0.25, -0.2) is 4.79 Å². The van der Waals surface area contributed by atoms with E-state index in [1.165, 1.54) is 23.6 Å². The third-order valence-electron chi connectivity index (χ3n) is 7.94. The van der Waals surface area contributed by atoms with Crippen molar-refractivity contribution < 1.29 is 38.2 Å². The summed E-state index contributed by atoms with van der Waals surface area (Å²) < 4.78 is 25.4. The Balaban J connectivity index is 1.41. The average molecular weight is 546 g/mol. The minimum Gasteiger partial charge on any atom is -0.477 e. The molecule has 4 rings (SSSR count). The normalized spacial score (nSPS) is 36.1. The summed E-state index contributed by atoms with van der Waals surface area (Å²) >= 11 is 1.32. The van der Waals surface area contributed by atoms with Crippen molar-refractivity contribution in [2.24, 2.45) is 23.5 Å². The van der Waals surface area contributed by atoms with Crippen LogP contribution in [0, 0.1) is 17.8 Å². The predicted molar refractivity (Wildman–Crippen MR) is 129 cm³/mol. The summed E-state index contributed by atoms with van der Waals surface area (Å²) in [5.74, 6) is -4.74. The van der Waals surface area contributed by atoms with Crippen LogP contribution in [-0.2, 0) is 19.2 Å². The first-order valence-corrected chi connectivity index (χ1v) is 13.3. The van der Waals surface area contributed by atoms with E-state index in [0.717, 1.165) is 0 Å². The summed E-state index contributed by atoms with van der Waals surface area (Å²) in [4.78, 5) is 51.2. The molecule has 1 unspecified atom stereocenters. The zero-order valence-corrected chi connectivity index (χ0v) is 21.3. The first kappa shape index (κ1) is 27.9. The van der Waals surface area contributed by atoms with Gasteiger partial charge >= 0.3 is 12.4 Å². The highest BCUT2D eigenvalue weighted by Gasteiger charge is 2.60. The first-order valence-electron chi connectivity index (χ1n) is 12.4. The fraction of sp³-hybridized carbons (Fsp3) is 0.739. The molecule has 0 aromatic carbocycles. The minimum absolute atomic E-state index is 0.0121. The highest BCUT2D eigenvalue weighted by atomic mass is 32.2. The Bertz CT molecular complexity index is 999. The van der Waals surface area contributed by atoms with E-state index in [1.54, 1.807) is 6.92 Å². The number of hydrogen-bond acceptors (Lipinski definition) is 9. The number of rotatable bonds is 10. The van der Waals surface area contributed by atoms with Gasteiger partial charge in [0.2, 0.25) is 5.91 Å². The van der Waals surface area contributed by atoms with E-state index < -0.39 is 54.4 Å². The van der Waals surface area contributed by atoms with Crippen LogP contribution in [0.5, 0.6) is 0 Å². The van der Waals surface area contributed by atoms with Gasteiger partial charge in [-0.15, -0.1) is 11.8 Å². The number of carbonyl (C=O) groups excluding carboxylic acids is 3. The average Bonchev–Trinajstić information content (AvgIpc) is 3.50. The molecule has 206 valence electrons. The number of nitrogens with one attached hydrogen (secondary N) is 3. The molecule has 9 atom stereocenters. The van der Waals surface area contributed by atoms with E-state index >= 15 is 0 Å². The van der Waals surface area contributed by atoms with Crippen LogP contribution in [0.15, 0.2) is 10.6 Å². The number of β-lactam (4-membered cyclic amide) rings is 1. The summed E-state index contributed by atoms with van der Waals surface area (Å²) in [6, 6.07) is -2.09. The number of aliphatic hydroxyl groups excluding tert-OH is 1. The van der Waals surface area contributed by atoms with Gasteiger partial charge in [0.1, 0.15) is 5.70 Å². The molecule has 3 fully saturated rings. The molecule has 0 spiro atoms. The largest absolute Gasteiger partial charge is 0.477 e. The number of alkyl halides is 2. The van der Waals surface area contributed by atoms with Gasteiger partial charge in [-0.1, -0.05) is 6.92 Å². The zero-order chi connectivity index (χ0) is 27.2. The second-order valence-electron chi connectivity index (χ2n) is 10.2. The number of nitrogens with two attached hydrogens (primary N) is 1. The molecule has 0 bridgehead atoms. The summed E-state index contributed by atoms with van der Waals surface area (Å²) in [7, 11) is 0. The molecule has 1 aliphatic carbocycles. The lowest BCUT2D eigenvalue weighted by Crippen LogP contribution is -2.66. The number of nitrogens with zero attached hydrogens (tertiary/aromatic N) is 1. The van der Waals surface area contributed by atoms with E-state index in [4.69, 9.17) is 5.73 Å². The molecule has 2 saturated heterocycles. The number of carboxylic acids is 1. The smallest absolute Gasteiger partial charge is 0.353 e. The summed E-state index contributed by atoms with van der Waals surface area (Å²) in [6.07, 6.45) is -2.53. The number of aliphatic carboxylic acids is 1. The molecular formula is C23H33F2N5O6S. The van der Waals surface area contributed by atoms with Crippen molar-refractivity contribution in [3.05, 3.63) is 10.6 Å². The van der Waals surface area contributed by atoms with Crippen LogP contribution in [0.3, 0.4) is 0 Å². The number of thioether (sulfide) groups is 1. The van der Waals surface area contributed by atoms with Gasteiger partial charge < -0.3 is 31.5 Å². The molecule has 11 nitrogen and oxygen atoms in total. The van der Waals surface area contributed by atoms with Gasteiger partial charge in [0, 0.05) is 47.3 Å². The lowest BCUT2D eigenvalue weighted by atomic mass is 9.78. The lowest BCUT2D eigenvalue weighted by molar-refractivity contribution is -0.159. The van der Waals surface area contributed by atoms with Crippen molar-refractivity contribution in [3.8, 4) is 0 Å². The van der Waals surface area contributed by atoms with Crippen LogP contribution in [0.1, 0.15) is 33.1 Å². The van der Waals surface area contributed by atoms with Gasteiger partial charge in [0.15, 0.2) is 5.78 Å². The molecule has 4 aliphatic rings. The molecule has 7 N–H and O–H groups in total. The number of ketones is 1. The van der Waals surface area contributed by atoms with Crippen LogP contribution < -0.4 is 21.7 Å². The second kappa shape index (κ2) is 10.9. The van der Waals surface area contributed by atoms with Crippen LogP contribution >= 0.6 is 11.8 Å². The number of Topliss-reactive ketones (excluding diaryl/α,β-unsaturated/α-hetero) is 1. The topological polar surface area (TPSA) is 174 Å². The number of amides is 2. The van der Waals surface area contributed by atoms with E-state index in [9.17, 15) is 38.2 Å². The highest BCUT2D eigenvalue weighted by molar-refractivity contribution is 8.03. The first-order chi connectivity index (χ1) is 17.5. The molecule has 0 aromatic rings. The van der Waals surface area contributed by atoms with Crippen molar-refractivity contribution >= 4 is 35.3 Å². The van der Waals surface area contributed by atoms with E-state index in [-0.39, 0.29) is 41.3 Å². The van der Waals surface area contributed by atoms with Crippen LogP contribution in [0.2, 0.25) is 0 Å². The SMILES string of the molecule is C[C@@H](NC(=O)C(F)F)[C@H]1C(=O)N2C(C(=O)O)=C(S[C@@H]3CN[C@H](C(=O)C4C[C@H](O)[C@H](NCN)C4)C3)[C@H](C)[C@@H]12. The van der Waals surface area contributed by atoms with Crippen molar-refractivity contribution in [2.75, 3.05) is 13.2 Å². The molecule has 0 aromatic heterocycles. The fourth-order valence-electron chi connectivity index (χ4n) is 6.17. The minimum atomic E-state index is -3.21. The monoisotopic (exact) mass is 545 g/mol. The number of aliphatic hydroxyl groups is 1. The third kappa shape index (κ3) is 5.13. The fourth-order valence-corrected chi connectivity index (χ4v) is 7.65. The van der Waals surface area contributed by atoms with Gasteiger partial charge in [0.25, 0.3) is 5.91 Å². The summed E-state index contributed by atoms with van der Waals surface area (Å²) in [5, 5.41) is 28.3. The maximum atomic E-state index is 13.1. The molecule has 37 heavy (non-hydrogen) atoms. The third-order valence-corrected chi connectivity index (χ3v) is 9.45. The van der Waals surface area contributed by atoms with Crippen molar-refractivity contribution in [1.29, 1.82) is 0 Å². The van der Waals surface area contributed by atoms with E-state index in [1.807, 2.05) is 0 Å². The van der Waals surface area contributed by atoms with Gasteiger partial charge in [-0.05, 0) is 26.2 Å². The standard InChI is InChI=1S/C23H33F2N5O6S/c1-8-16-15(9(2)29-21(33)20(24)25)22(34)30(16)17(23(35)36)19(8)37-11-5-13(27-6-11)18(32)10-3-12(28-7-26)14(31)4-10/h8-16,20,27-28,31H,3-7,26H2,1-2H3,(H,29,33)(H,35,36)/t8-,9-,10?,11+,12-,13+,14+,15-,16+/m1/s1. The quantitative estimate of drug-likeness (QED) is 0.151. The second-order valence-corrected chi connectivity index (χ2v) is 11.6. The Hall–Kier alpha value is -2.13. The van der Waals surface area contributed by atoms with Gasteiger partial charge in [0.05, 0.1) is 24.1 Å². The Morgan fingerprint density at radius 2 is 1.97 bits per heavy atom. The summed E-state index contributed by atoms with van der Waals surface area (Å²) in [5.41, 5.74) is 5.38. The highest BCUT2D eigenvalue weighted by Crippen LogP contribution is 2.52. The Labute approximate surface area is 216 Å². The summed E-state index contributed by atoms with van der Waals surface area (Å²) in [6.45, 7) is 3.92. The Morgan fingerprint density at radius 1 is 1.27 bits per heavy atom. The number of hydrogen-bond donors (Lipinski definition) is 6. The van der Waals surface area contributed by atoms with E-state index in [0.29, 0.717) is 30.7 Å². The zero-order valence-electron chi connectivity index (χ0n) is 20.5. The maximum Gasteiger partial charge on any atom is 0.353 e. The van der Waals surface area contributed by atoms with Gasteiger partial charge in [-0.3, -0.25) is 19.7 Å². The van der Waals surface area contributed by atoms with Crippen molar-refractivity contribution in [2.45, 2.75) is 75.1 Å². The molecule has 3 heterocycles. The number of halogens is 2. The van der Waals surface area contributed by atoms with Crippen LogP contribution in [0.4, 0.5) is 8.78 Å². The molecule has 0 radical (unpaired) electrons. The number of fused-ring (bicyclic) bond motifs is 1. The maximum absolute atomic E-state index is 13.1. The number of carbonyl (C=O) groups is 4. The number of carboxylic acid groups (broad SMARTS) is 1. The Morgan fingerprint density at radius 3 is 2.59 bits per heavy atom. The van der Waals surface area contributed by atoms with E-state index in [2.05, 4.69) is 16.0 Å². The molecular weight excluding hydrogens is 512 g/mol. The molecule has 3 aliphatic heterocycles. The molecule has 1 saturated carbocycles. The molecule has 2 amide bonds. The van der Waals surface area contributed by atoms with Crippen LogP contribution in [0.25, 0.3) is 0 Å². The predicted octanol–water partition coefficient (Wildman–Crippen LogP) is -0.793. The van der Waals surface area contributed by atoms with Crippen molar-refractivity contribution in [1.82, 2.24) is 20.9 Å². The lowest BCUT2D eigenvalue weighted by Gasteiger charge is -2.47. The molecule has 14 heteroatoms.